The first kappa shape index (κ1) is 15.7. The standard InChI is InChI=1S/C15H18N4O3S/c1-3-11-8-13(10-4-5-10)18-15(17-11)19-23(20,21)12-6-7-14(22-2)16-9-12/h6-10H,3-5H2,1-2H3,(H,17,18,19). The summed E-state index contributed by atoms with van der Waals surface area (Å²) in [5, 5.41) is 0. The van der Waals surface area contributed by atoms with Crippen LogP contribution in [0.4, 0.5) is 5.95 Å². The number of aromatic nitrogens is 3. The Hall–Kier alpha value is -2.22. The monoisotopic (exact) mass is 334 g/mol. The van der Waals surface area contributed by atoms with E-state index in [-0.39, 0.29) is 10.8 Å². The van der Waals surface area contributed by atoms with Gasteiger partial charge in [0.2, 0.25) is 11.8 Å². The molecule has 1 N–H and O–H groups in total. The summed E-state index contributed by atoms with van der Waals surface area (Å²) in [7, 11) is -2.31. The van der Waals surface area contributed by atoms with Crippen molar-refractivity contribution < 1.29 is 13.2 Å². The van der Waals surface area contributed by atoms with E-state index in [4.69, 9.17) is 4.74 Å². The fraction of sp³-hybridized carbons (Fsp3) is 0.400. The van der Waals surface area contributed by atoms with E-state index in [1.807, 2.05) is 13.0 Å². The van der Waals surface area contributed by atoms with Gasteiger partial charge < -0.3 is 4.74 Å². The normalized spacial score (nSPS) is 14.5. The Bertz CT molecular complexity index is 802. The maximum atomic E-state index is 12.4. The Balaban J connectivity index is 1.88. The number of sulfonamides is 1. The first-order chi connectivity index (χ1) is 11.0. The van der Waals surface area contributed by atoms with Crippen molar-refractivity contribution in [2.24, 2.45) is 0 Å². The van der Waals surface area contributed by atoms with Gasteiger partial charge in [0.25, 0.3) is 10.0 Å². The van der Waals surface area contributed by atoms with E-state index in [0.29, 0.717) is 11.8 Å². The largest absolute Gasteiger partial charge is 0.481 e. The van der Waals surface area contributed by atoms with E-state index >= 15 is 0 Å². The Morgan fingerprint density at radius 3 is 2.65 bits per heavy atom. The molecule has 0 saturated heterocycles. The SMILES string of the molecule is CCc1cc(C2CC2)nc(NS(=O)(=O)c2ccc(OC)nc2)n1. The fourth-order valence-corrected chi connectivity index (χ4v) is 3.05. The lowest BCUT2D eigenvalue weighted by Gasteiger charge is -2.09. The van der Waals surface area contributed by atoms with Crippen LogP contribution in [0.1, 0.15) is 37.1 Å². The van der Waals surface area contributed by atoms with Crippen LogP contribution in [0, 0.1) is 0 Å². The molecule has 122 valence electrons. The van der Waals surface area contributed by atoms with Crippen LogP contribution in [0.3, 0.4) is 0 Å². The predicted octanol–water partition coefficient (Wildman–Crippen LogP) is 2.12. The minimum absolute atomic E-state index is 0.0387. The van der Waals surface area contributed by atoms with Crippen molar-refractivity contribution in [1.29, 1.82) is 0 Å². The lowest BCUT2D eigenvalue weighted by Crippen LogP contribution is -2.16. The molecule has 1 saturated carbocycles. The van der Waals surface area contributed by atoms with Gasteiger partial charge in [-0.25, -0.2) is 28.1 Å². The number of anilines is 1. The summed E-state index contributed by atoms with van der Waals surface area (Å²) in [5.74, 6) is 0.889. The highest BCUT2D eigenvalue weighted by Gasteiger charge is 2.27. The molecule has 0 unspecified atom stereocenters. The minimum Gasteiger partial charge on any atom is -0.481 e. The molecule has 0 bridgehead atoms. The number of ether oxygens (including phenoxy) is 1. The molecular weight excluding hydrogens is 316 g/mol. The van der Waals surface area contributed by atoms with Crippen LogP contribution >= 0.6 is 0 Å². The third kappa shape index (κ3) is 3.58. The molecule has 0 aromatic carbocycles. The molecule has 7 nitrogen and oxygen atoms in total. The second kappa shape index (κ2) is 6.11. The highest BCUT2D eigenvalue weighted by molar-refractivity contribution is 7.92. The zero-order valence-corrected chi connectivity index (χ0v) is 13.8. The summed E-state index contributed by atoms with van der Waals surface area (Å²) in [6.07, 6.45) is 4.15. The number of nitrogens with one attached hydrogen (secondary N) is 1. The van der Waals surface area contributed by atoms with Crippen molar-refractivity contribution in [2.45, 2.75) is 37.0 Å². The molecule has 3 rings (SSSR count). The minimum atomic E-state index is -3.78. The second-order valence-corrected chi connectivity index (χ2v) is 7.06. The molecule has 2 aromatic rings. The van der Waals surface area contributed by atoms with Crippen LogP contribution in [0.2, 0.25) is 0 Å². The summed E-state index contributed by atoms with van der Waals surface area (Å²) < 4.78 is 32.2. The molecule has 1 aliphatic rings. The number of pyridine rings is 1. The first-order valence-corrected chi connectivity index (χ1v) is 8.91. The molecule has 0 radical (unpaired) electrons. The average molecular weight is 334 g/mol. The quantitative estimate of drug-likeness (QED) is 0.869. The van der Waals surface area contributed by atoms with Gasteiger partial charge in [-0.3, -0.25) is 0 Å². The van der Waals surface area contributed by atoms with Gasteiger partial charge in [-0.1, -0.05) is 6.92 Å². The van der Waals surface area contributed by atoms with E-state index in [0.717, 1.165) is 30.7 Å². The highest BCUT2D eigenvalue weighted by atomic mass is 32.2. The van der Waals surface area contributed by atoms with Crippen molar-refractivity contribution in [3.05, 3.63) is 35.8 Å². The number of rotatable bonds is 6. The smallest absolute Gasteiger partial charge is 0.265 e. The Morgan fingerprint density at radius 2 is 2.09 bits per heavy atom. The number of aryl methyl sites for hydroxylation is 1. The van der Waals surface area contributed by atoms with E-state index in [1.165, 1.54) is 25.4 Å². The van der Waals surface area contributed by atoms with Gasteiger partial charge in [0.15, 0.2) is 0 Å². The molecule has 23 heavy (non-hydrogen) atoms. The third-order valence-corrected chi connectivity index (χ3v) is 4.92. The van der Waals surface area contributed by atoms with E-state index in [9.17, 15) is 8.42 Å². The Kier molecular flexibility index (Phi) is 4.16. The summed E-state index contributed by atoms with van der Waals surface area (Å²) in [5.41, 5.74) is 1.73. The van der Waals surface area contributed by atoms with Crippen LogP contribution in [0.5, 0.6) is 5.88 Å². The van der Waals surface area contributed by atoms with Crippen molar-refractivity contribution in [1.82, 2.24) is 15.0 Å². The number of hydrogen-bond donors (Lipinski definition) is 1. The van der Waals surface area contributed by atoms with Crippen molar-refractivity contribution >= 4 is 16.0 Å². The molecule has 0 aliphatic heterocycles. The molecule has 8 heteroatoms. The van der Waals surface area contributed by atoms with Gasteiger partial charge in [-0.15, -0.1) is 0 Å². The highest BCUT2D eigenvalue weighted by Crippen LogP contribution is 2.39. The summed E-state index contributed by atoms with van der Waals surface area (Å²) in [4.78, 5) is 12.6. The van der Waals surface area contributed by atoms with E-state index in [1.54, 1.807) is 0 Å². The Morgan fingerprint density at radius 1 is 1.30 bits per heavy atom. The van der Waals surface area contributed by atoms with Gasteiger partial charge in [-0.2, -0.15) is 0 Å². The number of methoxy groups -OCH3 is 1. The Labute approximate surface area is 135 Å². The number of nitrogens with zero attached hydrogens (tertiary/aromatic N) is 3. The fourth-order valence-electron chi connectivity index (χ4n) is 2.16. The van der Waals surface area contributed by atoms with Gasteiger partial charge in [0.1, 0.15) is 4.90 Å². The van der Waals surface area contributed by atoms with Gasteiger partial charge >= 0.3 is 0 Å². The summed E-state index contributed by atoms with van der Waals surface area (Å²) in [6.45, 7) is 1.98. The number of hydrogen-bond acceptors (Lipinski definition) is 6. The van der Waals surface area contributed by atoms with Crippen LogP contribution in [-0.4, -0.2) is 30.5 Å². The molecular formula is C15H18N4O3S. The molecule has 2 aromatic heterocycles. The zero-order chi connectivity index (χ0) is 16.4. The summed E-state index contributed by atoms with van der Waals surface area (Å²) in [6, 6.07) is 4.87. The van der Waals surface area contributed by atoms with Crippen LogP contribution < -0.4 is 9.46 Å². The first-order valence-electron chi connectivity index (χ1n) is 7.42. The third-order valence-electron chi connectivity index (χ3n) is 3.61. The van der Waals surface area contributed by atoms with Gasteiger partial charge in [-0.05, 0) is 31.4 Å². The molecule has 0 amide bonds. The lowest BCUT2D eigenvalue weighted by molar-refractivity contribution is 0.397. The van der Waals surface area contributed by atoms with E-state index < -0.39 is 10.0 Å². The van der Waals surface area contributed by atoms with Crippen LogP contribution in [-0.2, 0) is 16.4 Å². The maximum absolute atomic E-state index is 12.4. The van der Waals surface area contributed by atoms with Crippen molar-refractivity contribution in [2.75, 3.05) is 11.8 Å². The van der Waals surface area contributed by atoms with Gasteiger partial charge in [0, 0.05) is 23.4 Å². The lowest BCUT2D eigenvalue weighted by atomic mass is 10.2. The summed E-state index contributed by atoms with van der Waals surface area (Å²) >= 11 is 0. The maximum Gasteiger partial charge on any atom is 0.265 e. The van der Waals surface area contributed by atoms with Crippen LogP contribution in [0.15, 0.2) is 29.3 Å². The molecule has 1 aliphatic carbocycles. The van der Waals surface area contributed by atoms with Gasteiger partial charge in [0.05, 0.1) is 13.3 Å². The molecule has 0 atom stereocenters. The topological polar surface area (TPSA) is 94.1 Å². The molecule has 0 spiro atoms. The molecule has 1 fully saturated rings. The zero-order valence-electron chi connectivity index (χ0n) is 13.0. The van der Waals surface area contributed by atoms with Crippen LogP contribution in [0.25, 0.3) is 0 Å². The van der Waals surface area contributed by atoms with Crippen molar-refractivity contribution in [3.63, 3.8) is 0 Å². The average Bonchev–Trinajstić information content (AvgIpc) is 3.39. The predicted molar refractivity (Wildman–Crippen MR) is 85.0 cm³/mol. The van der Waals surface area contributed by atoms with E-state index in [2.05, 4.69) is 19.7 Å². The second-order valence-electron chi connectivity index (χ2n) is 5.38. The molecule has 2 heterocycles. The van der Waals surface area contributed by atoms with Crippen molar-refractivity contribution in [3.8, 4) is 5.88 Å².